The van der Waals surface area contributed by atoms with Gasteiger partial charge >= 0.3 is 6.18 Å². The largest absolute Gasteiger partial charge is 0.390 e. The van der Waals surface area contributed by atoms with Crippen LogP contribution in [0.1, 0.15) is 19.3 Å². The summed E-state index contributed by atoms with van der Waals surface area (Å²) in [7, 11) is 3.27. The molecule has 0 aromatic carbocycles. The first kappa shape index (κ1) is 19.0. The average molecular weight is 324 g/mol. The molecule has 0 aliphatic carbocycles. The Labute approximate surface area is 130 Å². The zero-order valence-electron chi connectivity index (χ0n) is 13.4. The smallest absolute Gasteiger partial charge is 0.383 e. The zero-order valence-corrected chi connectivity index (χ0v) is 13.4. The highest BCUT2D eigenvalue weighted by Crippen LogP contribution is 2.18. The molecule has 1 heterocycles. The monoisotopic (exact) mass is 324 g/mol. The molecule has 22 heavy (non-hydrogen) atoms. The Morgan fingerprint density at radius 2 is 1.95 bits per heavy atom. The van der Waals surface area contributed by atoms with Gasteiger partial charge in [-0.1, -0.05) is 0 Å². The predicted molar refractivity (Wildman–Crippen MR) is 81.1 cm³/mol. The van der Waals surface area contributed by atoms with Crippen molar-refractivity contribution in [1.29, 1.82) is 0 Å². The normalized spacial score (nSPS) is 18.5. The molecule has 1 aliphatic rings. The minimum Gasteiger partial charge on any atom is -0.383 e. The van der Waals surface area contributed by atoms with E-state index in [-0.39, 0.29) is 6.54 Å². The zero-order chi connectivity index (χ0) is 16.4. The molecule has 1 aliphatic heterocycles. The third-order valence-electron chi connectivity index (χ3n) is 3.80. The molecule has 0 aromatic rings. The van der Waals surface area contributed by atoms with Crippen LogP contribution in [-0.2, 0) is 4.74 Å². The van der Waals surface area contributed by atoms with Gasteiger partial charge in [-0.25, -0.2) is 0 Å². The predicted octanol–water partition coefficient (Wildman–Crippen LogP) is 1.46. The van der Waals surface area contributed by atoms with E-state index in [2.05, 4.69) is 20.5 Å². The van der Waals surface area contributed by atoms with Gasteiger partial charge in [0.15, 0.2) is 5.96 Å². The summed E-state index contributed by atoms with van der Waals surface area (Å²) < 4.78 is 41.4. The van der Waals surface area contributed by atoms with Crippen LogP contribution in [0.3, 0.4) is 0 Å². The first-order chi connectivity index (χ1) is 10.4. The molecule has 1 rings (SSSR count). The van der Waals surface area contributed by atoms with E-state index in [1.54, 1.807) is 14.2 Å². The Bertz CT molecular complexity index is 329. The maximum absolute atomic E-state index is 12.1. The lowest BCUT2D eigenvalue weighted by Gasteiger charge is -2.32. The highest BCUT2D eigenvalue weighted by Gasteiger charge is 2.26. The number of nitrogens with one attached hydrogen (secondary N) is 2. The van der Waals surface area contributed by atoms with Gasteiger partial charge in [0.25, 0.3) is 0 Å². The molecule has 0 aromatic heterocycles. The second-order valence-electron chi connectivity index (χ2n) is 5.52. The molecule has 1 saturated heterocycles. The fraction of sp³-hybridized carbons (Fsp3) is 0.929. The SMILES string of the molecule is CN=C(NCCC(F)(F)F)NCC1CCN(CCOC)CC1. The Kier molecular flexibility index (Phi) is 8.55. The van der Waals surface area contributed by atoms with Crippen LogP contribution in [0.2, 0.25) is 0 Å². The second kappa shape index (κ2) is 9.89. The Morgan fingerprint density at radius 1 is 1.27 bits per heavy atom. The lowest BCUT2D eigenvalue weighted by atomic mass is 9.97. The molecule has 1 fully saturated rings. The van der Waals surface area contributed by atoms with Crippen molar-refractivity contribution < 1.29 is 17.9 Å². The van der Waals surface area contributed by atoms with Crippen LogP contribution in [0.15, 0.2) is 4.99 Å². The molecule has 5 nitrogen and oxygen atoms in total. The summed E-state index contributed by atoms with van der Waals surface area (Å²) in [5.41, 5.74) is 0. The van der Waals surface area contributed by atoms with Gasteiger partial charge < -0.3 is 20.3 Å². The summed E-state index contributed by atoms with van der Waals surface area (Å²) in [4.78, 5) is 6.32. The number of ether oxygens (including phenoxy) is 1. The number of hydrogen-bond donors (Lipinski definition) is 2. The van der Waals surface area contributed by atoms with E-state index in [4.69, 9.17) is 4.74 Å². The first-order valence-electron chi connectivity index (χ1n) is 7.67. The van der Waals surface area contributed by atoms with Crippen LogP contribution in [0.4, 0.5) is 13.2 Å². The average Bonchev–Trinajstić information content (AvgIpc) is 2.48. The fourth-order valence-electron chi connectivity index (χ4n) is 2.42. The quantitative estimate of drug-likeness (QED) is 0.550. The molecule has 0 spiro atoms. The Balaban J connectivity index is 2.17. The number of nitrogens with zero attached hydrogens (tertiary/aromatic N) is 2. The van der Waals surface area contributed by atoms with E-state index < -0.39 is 12.6 Å². The fourth-order valence-corrected chi connectivity index (χ4v) is 2.42. The summed E-state index contributed by atoms with van der Waals surface area (Å²) in [6, 6.07) is 0. The lowest BCUT2D eigenvalue weighted by Crippen LogP contribution is -2.44. The molecule has 8 heteroatoms. The van der Waals surface area contributed by atoms with Crippen molar-refractivity contribution in [2.45, 2.75) is 25.4 Å². The highest BCUT2D eigenvalue weighted by molar-refractivity contribution is 5.79. The van der Waals surface area contributed by atoms with Gasteiger partial charge in [0.2, 0.25) is 0 Å². The number of halogens is 3. The summed E-state index contributed by atoms with van der Waals surface area (Å²) in [5, 5.41) is 5.81. The summed E-state index contributed by atoms with van der Waals surface area (Å²) >= 11 is 0. The molecule has 0 radical (unpaired) electrons. The molecule has 0 unspecified atom stereocenters. The van der Waals surface area contributed by atoms with Crippen LogP contribution in [0, 0.1) is 5.92 Å². The van der Waals surface area contributed by atoms with E-state index in [0.717, 1.165) is 45.6 Å². The first-order valence-corrected chi connectivity index (χ1v) is 7.67. The van der Waals surface area contributed by atoms with E-state index in [1.165, 1.54) is 0 Å². The van der Waals surface area contributed by atoms with Gasteiger partial charge in [0.05, 0.1) is 13.0 Å². The molecule has 130 valence electrons. The summed E-state index contributed by atoms with van der Waals surface area (Å²) in [6.07, 6.45) is -2.83. The van der Waals surface area contributed by atoms with Gasteiger partial charge in [-0.2, -0.15) is 13.2 Å². The summed E-state index contributed by atoms with van der Waals surface area (Å²) in [5.74, 6) is 0.964. The van der Waals surface area contributed by atoms with Gasteiger partial charge in [0, 0.05) is 33.8 Å². The molecular formula is C14H27F3N4O. The molecule has 2 N–H and O–H groups in total. The van der Waals surface area contributed by atoms with Crippen LogP contribution in [-0.4, -0.2) is 70.5 Å². The Hall–Kier alpha value is -1.02. The molecule has 0 bridgehead atoms. The number of likely N-dealkylation sites (tertiary alicyclic amines) is 1. The number of rotatable bonds is 7. The molecule has 0 saturated carbocycles. The van der Waals surface area contributed by atoms with Crippen LogP contribution >= 0.6 is 0 Å². The maximum Gasteiger partial charge on any atom is 0.390 e. The van der Waals surface area contributed by atoms with Crippen LogP contribution in [0.25, 0.3) is 0 Å². The van der Waals surface area contributed by atoms with Crippen molar-refractivity contribution in [3.63, 3.8) is 0 Å². The molecule has 0 atom stereocenters. The minimum absolute atomic E-state index is 0.154. The van der Waals surface area contributed by atoms with Gasteiger partial charge in [-0.05, 0) is 31.8 Å². The van der Waals surface area contributed by atoms with Crippen molar-refractivity contribution in [3.05, 3.63) is 0 Å². The van der Waals surface area contributed by atoms with Gasteiger partial charge in [-0.15, -0.1) is 0 Å². The van der Waals surface area contributed by atoms with Crippen molar-refractivity contribution in [3.8, 4) is 0 Å². The highest BCUT2D eigenvalue weighted by atomic mass is 19.4. The number of alkyl halides is 3. The number of hydrogen-bond acceptors (Lipinski definition) is 3. The van der Waals surface area contributed by atoms with Crippen molar-refractivity contribution in [2.75, 3.05) is 53.5 Å². The van der Waals surface area contributed by atoms with Crippen molar-refractivity contribution in [1.82, 2.24) is 15.5 Å². The second-order valence-corrected chi connectivity index (χ2v) is 5.52. The number of guanidine groups is 1. The van der Waals surface area contributed by atoms with Gasteiger partial charge in [-0.3, -0.25) is 4.99 Å². The third kappa shape index (κ3) is 8.43. The minimum atomic E-state index is -4.14. The van der Waals surface area contributed by atoms with E-state index >= 15 is 0 Å². The van der Waals surface area contributed by atoms with Crippen LogP contribution in [0.5, 0.6) is 0 Å². The van der Waals surface area contributed by atoms with Crippen molar-refractivity contribution in [2.24, 2.45) is 10.9 Å². The van der Waals surface area contributed by atoms with E-state index in [9.17, 15) is 13.2 Å². The lowest BCUT2D eigenvalue weighted by molar-refractivity contribution is -0.132. The van der Waals surface area contributed by atoms with E-state index in [1.807, 2.05) is 0 Å². The summed E-state index contributed by atoms with van der Waals surface area (Å²) in [6.45, 7) is 4.37. The number of methoxy groups -OCH3 is 1. The van der Waals surface area contributed by atoms with Gasteiger partial charge in [0.1, 0.15) is 0 Å². The molecular weight excluding hydrogens is 297 g/mol. The number of piperidine rings is 1. The van der Waals surface area contributed by atoms with E-state index in [0.29, 0.717) is 11.9 Å². The van der Waals surface area contributed by atoms with Crippen LogP contribution < -0.4 is 10.6 Å². The van der Waals surface area contributed by atoms with Crippen molar-refractivity contribution >= 4 is 5.96 Å². The molecule has 0 amide bonds. The number of aliphatic imine (C=N–C) groups is 1. The maximum atomic E-state index is 12.1. The Morgan fingerprint density at radius 3 is 2.50 bits per heavy atom. The topological polar surface area (TPSA) is 48.9 Å². The third-order valence-corrected chi connectivity index (χ3v) is 3.80. The standard InChI is InChI=1S/C14H27F3N4O/c1-18-13(19-6-5-14(15,16)17)20-11-12-3-7-21(8-4-12)9-10-22-2/h12H,3-11H2,1-2H3,(H2,18,19,20).